The Bertz CT molecular complexity index is 1740. The molecule has 2 heteroatoms. The minimum absolute atomic E-state index is 0.0116. The fourth-order valence-corrected chi connectivity index (χ4v) is 5.32. The van der Waals surface area contributed by atoms with Gasteiger partial charge in [-0.15, -0.1) is 0 Å². The van der Waals surface area contributed by atoms with E-state index in [9.17, 15) is 9.59 Å². The molecule has 0 unspecified atom stereocenters. The van der Waals surface area contributed by atoms with Gasteiger partial charge in [-0.25, -0.2) is 0 Å². The van der Waals surface area contributed by atoms with Crippen LogP contribution in [0.15, 0.2) is 97.1 Å². The molecule has 0 spiro atoms. The van der Waals surface area contributed by atoms with E-state index in [2.05, 4.69) is 12.1 Å². The molecule has 148 valence electrons. The highest BCUT2D eigenvalue weighted by atomic mass is 16.1. The molecule has 1 aliphatic rings. The van der Waals surface area contributed by atoms with Crippen LogP contribution in [0, 0.1) is 0 Å². The number of carbonyl (C=O) groups is 2. The Hall–Kier alpha value is -4.30. The molecule has 0 heterocycles. The summed E-state index contributed by atoms with van der Waals surface area (Å²) in [6.07, 6.45) is 0. The Kier molecular flexibility index (Phi) is 3.32. The molecule has 0 radical (unpaired) electrons. The lowest BCUT2D eigenvalue weighted by Gasteiger charge is -2.23. The second kappa shape index (κ2) is 6.12. The molecule has 0 aromatic heterocycles. The lowest BCUT2D eigenvalue weighted by atomic mass is 9.79. The van der Waals surface area contributed by atoms with Gasteiger partial charge in [-0.05, 0) is 56.3 Å². The number of benzene rings is 6. The van der Waals surface area contributed by atoms with E-state index in [1.165, 1.54) is 0 Å². The molecule has 0 saturated heterocycles. The maximum Gasteiger partial charge on any atom is 0.194 e. The van der Waals surface area contributed by atoms with Gasteiger partial charge in [-0.1, -0.05) is 78.9 Å². The molecule has 0 atom stereocenters. The Morgan fingerprint density at radius 1 is 0.531 bits per heavy atom. The topological polar surface area (TPSA) is 34.1 Å². The van der Waals surface area contributed by atoms with Crippen LogP contribution >= 0.6 is 0 Å². The van der Waals surface area contributed by atoms with Crippen molar-refractivity contribution in [2.75, 3.05) is 0 Å². The molecule has 0 amide bonds. The van der Waals surface area contributed by atoms with Crippen molar-refractivity contribution in [1.29, 1.82) is 0 Å². The average molecular weight is 408 g/mol. The normalized spacial score (nSPS) is 12.6. The number of fused-ring (bicyclic) bond motifs is 2. The Labute approximate surface area is 184 Å². The zero-order valence-corrected chi connectivity index (χ0v) is 17.1. The number of rotatable bonds is 2. The molecule has 1 aliphatic carbocycles. The second-order valence-electron chi connectivity index (χ2n) is 8.40. The number of hydrogen-bond acceptors (Lipinski definition) is 2. The van der Waals surface area contributed by atoms with Gasteiger partial charge in [0, 0.05) is 27.6 Å². The van der Waals surface area contributed by atoms with Crippen molar-refractivity contribution >= 4 is 43.9 Å². The summed E-state index contributed by atoms with van der Waals surface area (Å²) in [6, 6.07) is 31.5. The summed E-state index contributed by atoms with van der Waals surface area (Å²) in [4.78, 5) is 26.7. The van der Waals surface area contributed by atoms with Gasteiger partial charge in [0.05, 0.1) is 0 Å². The Morgan fingerprint density at radius 2 is 1.25 bits per heavy atom. The fourth-order valence-electron chi connectivity index (χ4n) is 5.32. The molecule has 6 aromatic rings. The van der Waals surface area contributed by atoms with Crippen molar-refractivity contribution < 1.29 is 9.59 Å². The van der Waals surface area contributed by atoms with Crippen LogP contribution in [0.5, 0.6) is 0 Å². The van der Waals surface area contributed by atoms with Gasteiger partial charge in [0.15, 0.2) is 11.6 Å². The second-order valence-corrected chi connectivity index (χ2v) is 8.40. The van der Waals surface area contributed by atoms with Crippen molar-refractivity contribution in [3.63, 3.8) is 0 Å². The van der Waals surface area contributed by atoms with Crippen LogP contribution in [-0.2, 0) is 0 Å². The van der Waals surface area contributed by atoms with E-state index in [0.29, 0.717) is 11.1 Å². The highest BCUT2D eigenvalue weighted by Gasteiger charge is 2.27. The summed E-state index contributed by atoms with van der Waals surface area (Å²) in [6.45, 7) is 0. The van der Waals surface area contributed by atoms with E-state index in [4.69, 9.17) is 0 Å². The number of carbonyl (C=O) groups excluding carboxylic acids is 2. The summed E-state index contributed by atoms with van der Waals surface area (Å²) >= 11 is 0. The number of ketones is 2. The third-order valence-corrected chi connectivity index (χ3v) is 6.75. The van der Waals surface area contributed by atoms with Crippen LogP contribution in [0.25, 0.3) is 43.4 Å². The van der Waals surface area contributed by atoms with Crippen molar-refractivity contribution in [3.05, 3.63) is 119 Å². The van der Waals surface area contributed by atoms with Gasteiger partial charge in [-0.3, -0.25) is 9.59 Å². The third-order valence-electron chi connectivity index (χ3n) is 6.75. The summed E-state index contributed by atoms with van der Waals surface area (Å²) in [5.41, 5.74) is 4.91. The molecule has 0 bridgehead atoms. The van der Waals surface area contributed by atoms with Crippen LogP contribution in [0.4, 0.5) is 0 Å². The first-order chi connectivity index (χ1) is 15.7. The van der Waals surface area contributed by atoms with E-state index in [0.717, 1.165) is 54.6 Å². The summed E-state index contributed by atoms with van der Waals surface area (Å²) < 4.78 is 0. The lowest BCUT2D eigenvalue weighted by molar-refractivity contribution is 0.103. The Balaban J connectivity index is 1.64. The standard InChI is InChI=1S/C30H16O2/c31-29(18-6-2-1-3-7-18)23-14-12-19-16-25-20-8-4-5-9-22(20)30(32)24-15-11-17-10-13-21(23)26(19)27(17)28(24)25/h1-16H. The van der Waals surface area contributed by atoms with Gasteiger partial charge >= 0.3 is 0 Å². The minimum atomic E-state index is 0.0116. The summed E-state index contributed by atoms with van der Waals surface area (Å²) in [5, 5.41) is 6.21. The number of hydrogen-bond donors (Lipinski definition) is 0. The maximum atomic E-state index is 13.4. The lowest BCUT2D eigenvalue weighted by Crippen LogP contribution is -2.10. The highest BCUT2D eigenvalue weighted by molar-refractivity contribution is 6.36. The SMILES string of the molecule is O=C(c1ccccc1)c1ccc2cc3c4c(ccc5ccc1c2c54)C(=O)c1ccccc1-3. The van der Waals surface area contributed by atoms with E-state index >= 15 is 0 Å². The van der Waals surface area contributed by atoms with E-state index in [1.807, 2.05) is 84.9 Å². The molecule has 0 N–H and O–H groups in total. The van der Waals surface area contributed by atoms with Crippen molar-refractivity contribution in [1.82, 2.24) is 0 Å². The molecular weight excluding hydrogens is 392 g/mol. The van der Waals surface area contributed by atoms with Crippen LogP contribution < -0.4 is 0 Å². The maximum absolute atomic E-state index is 13.4. The molecule has 6 aromatic carbocycles. The smallest absolute Gasteiger partial charge is 0.194 e. The average Bonchev–Trinajstić information content (AvgIpc) is 2.86. The van der Waals surface area contributed by atoms with Crippen LogP contribution in [0.2, 0.25) is 0 Å². The molecular formula is C30H16O2. The molecule has 0 saturated carbocycles. The molecule has 32 heavy (non-hydrogen) atoms. The Morgan fingerprint density at radius 3 is 2.09 bits per heavy atom. The highest BCUT2D eigenvalue weighted by Crippen LogP contribution is 2.46. The van der Waals surface area contributed by atoms with Crippen molar-refractivity contribution in [2.24, 2.45) is 0 Å². The first-order valence-corrected chi connectivity index (χ1v) is 10.7. The summed E-state index contributed by atoms with van der Waals surface area (Å²) in [5.74, 6) is 0.0733. The van der Waals surface area contributed by atoms with Crippen LogP contribution in [0.3, 0.4) is 0 Å². The van der Waals surface area contributed by atoms with Crippen molar-refractivity contribution in [3.8, 4) is 11.1 Å². The van der Waals surface area contributed by atoms with Gasteiger partial charge < -0.3 is 0 Å². The predicted octanol–water partition coefficient (Wildman–Crippen LogP) is 7.03. The van der Waals surface area contributed by atoms with Crippen LogP contribution in [0.1, 0.15) is 31.8 Å². The first-order valence-electron chi connectivity index (χ1n) is 10.7. The zero-order chi connectivity index (χ0) is 21.4. The van der Waals surface area contributed by atoms with Gasteiger partial charge in [0.1, 0.15) is 0 Å². The largest absolute Gasteiger partial charge is 0.289 e. The molecule has 0 aliphatic heterocycles. The predicted molar refractivity (Wildman–Crippen MR) is 129 cm³/mol. The monoisotopic (exact) mass is 408 g/mol. The first kappa shape index (κ1) is 17.4. The van der Waals surface area contributed by atoms with Gasteiger partial charge in [-0.2, -0.15) is 0 Å². The van der Waals surface area contributed by atoms with Crippen LogP contribution in [-0.4, -0.2) is 11.6 Å². The minimum Gasteiger partial charge on any atom is -0.289 e. The van der Waals surface area contributed by atoms with Crippen molar-refractivity contribution in [2.45, 2.75) is 0 Å². The fraction of sp³-hybridized carbons (Fsp3) is 0. The summed E-state index contributed by atoms with van der Waals surface area (Å²) in [7, 11) is 0. The van der Waals surface area contributed by atoms with Gasteiger partial charge in [0.2, 0.25) is 0 Å². The zero-order valence-electron chi connectivity index (χ0n) is 17.1. The third kappa shape index (κ3) is 2.13. The van der Waals surface area contributed by atoms with E-state index in [-0.39, 0.29) is 11.6 Å². The molecule has 0 fully saturated rings. The quantitative estimate of drug-likeness (QED) is 0.227. The van der Waals surface area contributed by atoms with E-state index in [1.54, 1.807) is 0 Å². The molecule has 2 nitrogen and oxygen atoms in total. The molecule has 7 rings (SSSR count). The van der Waals surface area contributed by atoms with E-state index < -0.39 is 0 Å². The van der Waals surface area contributed by atoms with Gasteiger partial charge in [0.25, 0.3) is 0 Å².